The molecule has 0 radical (unpaired) electrons. The van der Waals surface area contributed by atoms with Gasteiger partial charge in [-0.05, 0) is 48.2 Å². The van der Waals surface area contributed by atoms with Gasteiger partial charge in [0.15, 0.2) is 0 Å². The highest BCUT2D eigenvalue weighted by molar-refractivity contribution is 7.98. The summed E-state index contributed by atoms with van der Waals surface area (Å²) >= 11 is 1.70. The van der Waals surface area contributed by atoms with Crippen molar-refractivity contribution in [2.24, 2.45) is 0 Å². The fraction of sp³-hybridized carbons (Fsp3) is 0.333. The Hall–Kier alpha value is -1.54. The highest BCUT2D eigenvalue weighted by atomic mass is 32.2. The van der Waals surface area contributed by atoms with E-state index >= 15 is 0 Å². The lowest BCUT2D eigenvalue weighted by atomic mass is 10.2. The highest BCUT2D eigenvalue weighted by Gasteiger charge is 2.26. The first kappa shape index (κ1) is 18.3. The van der Waals surface area contributed by atoms with Crippen LogP contribution in [0.4, 0.5) is 0 Å². The predicted octanol–water partition coefficient (Wildman–Crippen LogP) is 3.01. The predicted molar refractivity (Wildman–Crippen MR) is 98.6 cm³/mol. The molecule has 5 nitrogen and oxygen atoms in total. The number of benzene rings is 2. The van der Waals surface area contributed by atoms with Crippen LogP contribution in [-0.2, 0) is 21.4 Å². The molecular weight excluding hydrogens is 358 g/mol. The SMILES string of the molecule is CSc1ccc(COc2ccc(S(=O)(=O)N3CCOCC3)cc2)cc1. The number of thioether (sulfide) groups is 1. The molecule has 0 atom stereocenters. The van der Waals surface area contributed by atoms with Crippen LogP contribution in [0, 0.1) is 0 Å². The molecule has 2 aromatic rings. The highest BCUT2D eigenvalue weighted by Crippen LogP contribution is 2.21. The van der Waals surface area contributed by atoms with Gasteiger partial charge in [0, 0.05) is 18.0 Å². The number of sulfonamides is 1. The van der Waals surface area contributed by atoms with E-state index in [2.05, 4.69) is 12.1 Å². The third kappa shape index (κ3) is 4.55. The molecule has 0 aromatic heterocycles. The minimum Gasteiger partial charge on any atom is -0.489 e. The quantitative estimate of drug-likeness (QED) is 0.722. The van der Waals surface area contributed by atoms with E-state index in [0.29, 0.717) is 38.7 Å². The second kappa shape index (κ2) is 8.23. The van der Waals surface area contributed by atoms with Gasteiger partial charge in [0.25, 0.3) is 0 Å². The number of ether oxygens (including phenoxy) is 2. The Morgan fingerprint density at radius 1 is 1.04 bits per heavy atom. The average Bonchev–Trinajstić information content (AvgIpc) is 2.68. The molecule has 25 heavy (non-hydrogen) atoms. The first-order valence-corrected chi connectivity index (χ1v) is 10.7. The van der Waals surface area contributed by atoms with Crippen molar-refractivity contribution < 1.29 is 17.9 Å². The molecule has 0 aliphatic carbocycles. The Morgan fingerprint density at radius 3 is 2.28 bits per heavy atom. The molecule has 0 bridgehead atoms. The summed E-state index contributed by atoms with van der Waals surface area (Å²) in [6.07, 6.45) is 2.04. The van der Waals surface area contributed by atoms with Gasteiger partial charge < -0.3 is 9.47 Å². The van der Waals surface area contributed by atoms with Gasteiger partial charge in [-0.2, -0.15) is 4.31 Å². The van der Waals surface area contributed by atoms with E-state index in [9.17, 15) is 8.42 Å². The van der Waals surface area contributed by atoms with Crippen LogP contribution in [0.25, 0.3) is 0 Å². The Morgan fingerprint density at radius 2 is 1.68 bits per heavy atom. The van der Waals surface area contributed by atoms with Crippen molar-refractivity contribution >= 4 is 21.8 Å². The number of hydrogen-bond acceptors (Lipinski definition) is 5. The van der Waals surface area contributed by atoms with Crippen LogP contribution in [0.15, 0.2) is 58.3 Å². The summed E-state index contributed by atoms with van der Waals surface area (Å²) in [6, 6.07) is 14.8. The first-order chi connectivity index (χ1) is 12.1. The molecule has 1 saturated heterocycles. The number of rotatable bonds is 6. The van der Waals surface area contributed by atoms with E-state index in [0.717, 1.165) is 5.56 Å². The zero-order chi connectivity index (χ0) is 17.7. The van der Waals surface area contributed by atoms with Gasteiger partial charge in [-0.3, -0.25) is 0 Å². The Labute approximate surface area is 153 Å². The van der Waals surface area contributed by atoms with Crippen LogP contribution in [0.1, 0.15) is 5.56 Å². The molecule has 134 valence electrons. The van der Waals surface area contributed by atoms with Crippen LogP contribution in [0.2, 0.25) is 0 Å². The van der Waals surface area contributed by atoms with E-state index in [1.165, 1.54) is 9.20 Å². The van der Waals surface area contributed by atoms with Gasteiger partial charge in [-0.15, -0.1) is 11.8 Å². The van der Waals surface area contributed by atoms with Crippen molar-refractivity contribution in [1.82, 2.24) is 4.31 Å². The summed E-state index contributed by atoms with van der Waals surface area (Å²) in [5.41, 5.74) is 1.07. The molecule has 2 aromatic carbocycles. The van der Waals surface area contributed by atoms with Crippen molar-refractivity contribution in [1.29, 1.82) is 0 Å². The summed E-state index contributed by atoms with van der Waals surface area (Å²) in [4.78, 5) is 1.49. The molecule has 1 aliphatic heterocycles. The molecule has 0 amide bonds. The van der Waals surface area contributed by atoms with E-state index < -0.39 is 10.0 Å². The van der Waals surface area contributed by atoms with Gasteiger partial charge in [-0.25, -0.2) is 8.42 Å². The second-order valence-electron chi connectivity index (χ2n) is 5.62. The molecule has 0 unspecified atom stereocenters. The maximum atomic E-state index is 12.6. The minimum absolute atomic E-state index is 0.283. The number of nitrogens with zero attached hydrogens (tertiary/aromatic N) is 1. The molecule has 0 saturated carbocycles. The van der Waals surface area contributed by atoms with Crippen molar-refractivity contribution in [3.8, 4) is 5.75 Å². The summed E-state index contributed by atoms with van der Waals surface area (Å²) in [6.45, 7) is 2.12. The Bertz CT molecular complexity index is 783. The second-order valence-corrected chi connectivity index (χ2v) is 8.44. The van der Waals surface area contributed by atoms with Gasteiger partial charge in [-0.1, -0.05) is 12.1 Å². The molecule has 0 N–H and O–H groups in total. The summed E-state index contributed by atoms with van der Waals surface area (Å²) < 4.78 is 37.5. The number of hydrogen-bond donors (Lipinski definition) is 0. The molecule has 3 rings (SSSR count). The zero-order valence-electron chi connectivity index (χ0n) is 14.1. The molecular formula is C18H21NO4S2. The minimum atomic E-state index is -3.46. The van der Waals surface area contributed by atoms with E-state index in [-0.39, 0.29) is 4.90 Å². The van der Waals surface area contributed by atoms with Gasteiger partial charge in [0.05, 0.1) is 18.1 Å². The third-order valence-corrected chi connectivity index (χ3v) is 6.65. The maximum absolute atomic E-state index is 12.6. The van der Waals surface area contributed by atoms with Crippen molar-refractivity contribution in [3.63, 3.8) is 0 Å². The van der Waals surface area contributed by atoms with Gasteiger partial charge >= 0.3 is 0 Å². The molecule has 1 aliphatic rings. The average molecular weight is 380 g/mol. The van der Waals surface area contributed by atoms with Gasteiger partial charge in [0.1, 0.15) is 12.4 Å². The number of morpholine rings is 1. The van der Waals surface area contributed by atoms with Crippen LogP contribution in [-0.4, -0.2) is 45.3 Å². The smallest absolute Gasteiger partial charge is 0.243 e. The summed E-state index contributed by atoms with van der Waals surface area (Å²) in [7, 11) is -3.46. The van der Waals surface area contributed by atoms with E-state index in [1.54, 1.807) is 36.0 Å². The summed E-state index contributed by atoms with van der Waals surface area (Å²) in [5.74, 6) is 0.648. The molecule has 1 heterocycles. The van der Waals surface area contributed by atoms with Crippen LogP contribution in [0.3, 0.4) is 0 Å². The van der Waals surface area contributed by atoms with E-state index in [4.69, 9.17) is 9.47 Å². The Balaban J connectivity index is 1.63. The fourth-order valence-corrected chi connectivity index (χ4v) is 4.35. The van der Waals surface area contributed by atoms with E-state index in [1.807, 2.05) is 18.4 Å². The lowest BCUT2D eigenvalue weighted by Crippen LogP contribution is -2.40. The van der Waals surface area contributed by atoms with Crippen molar-refractivity contribution in [2.45, 2.75) is 16.4 Å². The molecule has 1 fully saturated rings. The van der Waals surface area contributed by atoms with Crippen LogP contribution in [0.5, 0.6) is 5.75 Å². The Kier molecular flexibility index (Phi) is 6.01. The van der Waals surface area contributed by atoms with Gasteiger partial charge in [0.2, 0.25) is 10.0 Å². The van der Waals surface area contributed by atoms with Crippen molar-refractivity contribution in [2.75, 3.05) is 32.6 Å². The van der Waals surface area contributed by atoms with Crippen LogP contribution >= 0.6 is 11.8 Å². The first-order valence-electron chi connectivity index (χ1n) is 8.03. The zero-order valence-corrected chi connectivity index (χ0v) is 15.7. The third-order valence-electron chi connectivity index (χ3n) is 4.00. The van der Waals surface area contributed by atoms with Crippen molar-refractivity contribution in [3.05, 3.63) is 54.1 Å². The fourth-order valence-electron chi connectivity index (χ4n) is 2.53. The largest absolute Gasteiger partial charge is 0.489 e. The lowest BCUT2D eigenvalue weighted by molar-refractivity contribution is 0.0730. The standard InChI is InChI=1S/C18H21NO4S2/c1-24-17-6-2-15(3-7-17)14-23-16-4-8-18(9-5-16)25(20,21)19-10-12-22-13-11-19/h2-9H,10-14H2,1H3. The lowest BCUT2D eigenvalue weighted by Gasteiger charge is -2.26. The van der Waals surface area contributed by atoms with Crippen LogP contribution < -0.4 is 4.74 Å². The molecule has 0 spiro atoms. The monoisotopic (exact) mass is 379 g/mol. The normalized spacial score (nSPS) is 15.9. The summed E-state index contributed by atoms with van der Waals surface area (Å²) in [5, 5.41) is 0. The topological polar surface area (TPSA) is 55.8 Å². The maximum Gasteiger partial charge on any atom is 0.243 e. The molecule has 7 heteroatoms.